The zero-order chi connectivity index (χ0) is 13.7. The van der Waals surface area contributed by atoms with Crippen molar-refractivity contribution in [2.75, 3.05) is 5.32 Å². The third-order valence-electron chi connectivity index (χ3n) is 3.11. The van der Waals surface area contributed by atoms with Gasteiger partial charge in [-0.05, 0) is 24.8 Å². The van der Waals surface area contributed by atoms with E-state index in [2.05, 4.69) is 10.3 Å². The van der Waals surface area contributed by atoms with Crippen LogP contribution >= 0.6 is 11.3 Å². The first-order valence-corrected chi connectivity index (χ1v) is 7.12. The highest BCUT2D eigenvalue weighted by molar-refractivity contribution is 7.16. The Balaban J connectivity index is 1.85. The molecule has 19 heavy (non-hydrogen) atoms. The lowest BCUT2D eigenvalue weighted by Crippen LogP contribution is -2.14. The number of carbonyl (C=O) groups is 2. The topological polar surface area (TPSA) is 79.3 Å². The van der Waals surface area contributed by atoms with Gasteiger partial charge in [0.2, 0.25) is 5.91 Å². The van der Waals surface area contributed by atoms with Gasteiger partial charge in [0.05, 0.1) is 0 Å². The number of anilines is 1. The quantitative estimate of drug-likeness (QED) is 0.813. The second kappa shape index (κ2) is 6.47. The molecule has 1 heterocycles. The third-order valence-corrected chi connectivity index (χ3v) is 3.99. The first-order valence-electron chi connectivity index (χ1n) is 6.30. The Bertz CT molecular complexity index is 490. The molecule has 2 N–H and O–H groups in total. The van der Waals surface area contributed by atoms with Crippen molar-refractivity contribution >= 4 is 34.4 Å². The summed E-state index contributed by atoms with van der Waals surface area (Å²) in [6.45, 7) is 0. The number of aromatic nitrogens is 1. The van der Waals surface area contributed by atoms with E-state index in [4.69, 9.17) is 5.11 Å². The summed E-state index contributed by atoms with van der Waals surface area (Å²) in [5, 5.41) is 11.8. The third kappa shape index (κ3) is 4.48. The number of nitrogens with zero attached hydrogens (tertiary/aromatic N) is 1. The van der Waals surface area contributed by atoms with Crippen LogP contribution in [0.2, 0.25) is 0 Å². The van der Waals surface area contributed by atoms with Crippen molar-refractivity contribution in [3.05, 3.63) is 17.2 Å². The molecule has 2 rings (SSSR count). The number of nitrogens with one attached hydrogen (secondary N) is 1. The van der Waals surface area contributed by atoms with Crippen molar-refractivity contribution in [3.8, 4) is 0 Å². The van der Waals surface area contributed by atoms with E-state index in [1.165, 1.54) is 30.3 Å². The fourth-order valence-corrected chi connectivity index (χ4v) is 2.96. The van der Waals surface area contributed by atoms with Gasteiger partial charge >= 0.3 is 5.97 Å². The lowest BCUT2D eigenvalue weighted by Gasteiger charge is -2.07. The fourth-order valence-electron chi connectivity index (χ4n) is 2.22. The maximum atomic E-state index is 11.8. The number of hydrogen-bond acceptors (Lipinski definition) is 4. The molecule has 0 unspecified atom stereocenters. The lowest BCUT2D eigenvalue weighted by atomic mass is 10.0. The number of thiazole rings is 1. The van der Waals surface area contributed by atoms with E-state index in [1.807, 2.05) is 0 Å². The molecule has 5 nitrogen and oxygen atoms in total. The highest BCUT2D eigenvalue weighted by Crippen LogP contribution is 2.28. The van der Waals surface area contributed by atoms with Crippen LogP contribution in [0, 0.1) is 5.92 Å². The first kappa shape index (κ1) is 13.7. The van der Waals surface area contributed by atoms with Crippen molar-refractivity contribution in [1.82, 2.24) is 4.98 Å². The van der Waals surface area contributed by atoms with Gasteiger partial charge in [0.25, 0.3) is 0 Å². The molecule has 1 aliphatic carbocycles. The Morgan fingerprint density at radius 1 is 1.47 bits per heavy atom. The smallest absolute Gasteiger partial charge is 0.328 e. The van der Waals surface area contributed by atoms with Crippen LogP contribution in [0.1, 0.15) is 37.0 Å². The van der Waals surface area contributed by atoms with Gasteiger partial charge in [-0.25, -0.2) is 9.78 Å². The molecule has 1 amide bonds. The number of carboxylic acids is 1. The fraction of sp³-hybridized carbons (Fsp3) is 0.462. The Hall–Kier alpha value is -1.69. The summed E-state index contributed by atoms with van der Waals surface area (Å²) in [6.07, 6.45) is 9.34. The summed E-state index contributed by atoms with van der Waals surface area (Å²) in [6, 6.07) is 0. The molecule has 0 bridgehead atoms. The molecule has 0 atom stereocenters. The van der Waals surface area contributed by atoms with Gasteiger partial charge in [-0.1, -0.05) is 24.2 Å². The van der Waals surface area contributed by atoms with Crippen LogP contribution in [0.3, 0.4) is 0 Å². The predicted octanol–water partition coefficient (Wildman–Crippen LogP) is 2.76. The summed E-state index contributed by atoms with van der Waals surface area (Å²) in [4.78, 5) is 26.9. The van der Waals surface area contributed by atoms with Crippen molar-refractivity contribution in [2.24, 2.45) is 5.92 Å². The maximum Gasteiger partial charge on any atom is 0.328 e. The summed E-state index contributed by atoms with van der Waals surface area (Å²) in [7, 11) is 0. The molecular formula is C13H16N2O3S. The monoisotopic (exact) mass is 280 g/mol. The number of amides is 1. The standard InChI is InChI=1S/C13H16N2O3S/c16-11(7-9-3-1-2-4-9)15-13-14-8-10(19-13)5-6-12(17)18/h5-6,8-9H,1-4,7H2,(H,17,18)(H,14,15,16). The van der Waals surface area contributed by atoms with Crippen LogP contribution in [0.15, 0.2) is 12.3 Å². The average molecular weight is 280 g/mol. The molecule has 1 saturated carbocycles. The highest BCUT2D eigenvalue weighted by Gasteiger charge is 2.18. The maximum absolute atomic E-state index is 11.8. The molecule has 102 valence electrons. The van der Waals surface area contributed by atoms with Crippen molar-refractivity contribution in [1.29, 1.82) is 0 Å². The molecule has 1 aromatic heterocycles. The SMILES string of the molecule is O=C(O)C=Cc1cnc(NC(=O)CC2CCCC2)s1. The van der Waals surface area contributed by atoms with Gasteiger partial charge in [0.1, 0.15) is 0 Å². The molecule has 1 aromatic rings. The molecule has 0 saturated heterocycles. The molecule has 0 spiro atoms. The first-order chi connectivity index (χ1) is 9.13. The van der Waals surface area contributed by atoms with Gasteiger partial charge in [0, 0.05) is 23.6 Å². The largest absolute Gasteiger partial charge is 0.478 e. The number of rotatable bonds is 5. The van der Waals surface area contributed by atoms with Gasteiger partial charge in [0.15, 0.2) is 5.13 Å². The minimum atomic E-state index is -1.000. The number of carbonyl (C=O) groups excluding carboxylic acids is 1. The van der Waals surface area contributed by atoms with Crippen molar-refractivity contribution < 1.29 is 14.7 Å². The number of carboxylic acid groups (broad SMARTS) is 1. The van der Waals surface area contributed by atoms with E-state index < -0.39 is 5.97 Å². The van der Waals surface area contributed by atoms with Crippen LogP contribution in [0.5, 0.6) is 0 Å². The van der Waals surface area contributed by atoms with Gasteiger partial charge in [-0.3, -0.25) is 4.79 Å². The van der Waals surface area contributed by atoms with E-state index in [0.29, 0.717) is 22.3 Å². The Morgan fingerprint density at radius 2 is 2.21 bits per heavy atom. The molecule has 6 heteroatoms. The van der Waals surface area contributed by atoms with E-state index in [9.17, 15) is 9.59 Å². The van der Waals surface area contributed by atoms with Gasteiger partial charge in [-0.2, -0.15) is 0 Å². The Morgan fingerprint density at radius 3 is 2.89 bits per heavy atom. The number of hydrogen-bond donors (Lipinski definition) is 2. The predicted molar refractivity (Wildman–Crippen MR) is 74.0 cm³/mol. The van der Waals surface area contributed by atoms with Crippen LogP contribution in [0.25, 0.3) is 6.08 Å². The zero-order valence-corrected chi connectivity index (χ0v) is 11.3. The van der Waals surface area contributed by atoms with Crippen molar-refractivity contribution in [3.63, 3.8) is 0 Å². The number of aliphatic carboxylic acids is 1. The van der Waals surface area contributed by atoms with E-state index in [1.54, 1.807) is 6.20 Å². The summed E-state index contributed by atoms with van der Waals surface area (Å²) < 4.78 is 0. The van der Waals surface area contributed by atoms with Crippen LogP contribution in [-0.4, -0.2) is 22.0 Å². The average Bonchev–Trinajstić information content (AvgIpc) is 2.98. The molecule has 0 radical (unpaired) electrons. The minimum absolute atomic E-state index is 0.00462. The van der Waals surface area contributed by atoms with Crippen LogP contribution in [-0.2, 0) is 9.59 Å². The van der Waals surface area contributed by atoms with Gasteiger partial charge < -0.3 is 10.4 Å². The van der Waals surface area contributed by atoms with Gasteiger partial charge in [-0.15, -0.1) is 0 Å². The van der Waals surface area contributed by atoms with E-state index >= 15 is 0 Å². The lowest BCUT2D eigenvalue weighted by molar-refractivity contribution is -0.131. The Kier molecular flexibility index (Phi) is 4.68. The second-order valence-electron chi connectivity index (χ2n) is 4.64. The Labute approximate surface area is 115 Å². The normalized spacial score (nSPS) is 16.0. The van der Waals surface area contributed by atoms with Crippen LogP contribution in [0.4, 0.5) is 5.13 Å². The minimum Gasteiger partial charge on any atom is -0.478 e. The summed E-state index contributed by atoms with van der Waals surface area (Å²) >= 11 is 1.27. The summed E-state index contributed by atoms with van der Waals surface area (Å²) in [5.41, 5.74) is 0. The summed E-state index contributed by atoms with van der Waals surface area (Å²) in [5.74, 6) is -0.499. The molecule has 1 fully saturated rings. The van der Waals surface area contributed by atoms with Crippen molar-refractivity contribution in [2.45, 2.75) is 32.1 Å². The van der Waals surface area contributed by atoms with Crippen LogP contribution < -0.4 is 5.32 Å². The molecule has 0 aromatic carbocycles. The van der Waals surface area contributed by atoms with E-state index in [0.717, 1.165) is 18.9 Å². The highest BCUT2D eigenvalue weighted by atomic mass is 32.1. The molecule has 1 aliphatic rings. The van der Waals surface area contributed by atoms with E-state index in [-0.39, 0.29) is 5.91 Å². The zero-order valence-electron chi connectivity index (χ0n) is 10.5. The molecule has 0 aliphatic heterocycles. The second-order valence-corrected chi connectivity index (χ2v) is 5.70. The molecular weight excluding hydrogens is 264 g/mol.